The van der Waals surface area contributed by atoms with Crippen LogP contribution in [-0.4, -0.2) is 36.5 Å². The zero-order valence-corrected chi connectivity index (χ0v) is 12.2. The van der Waals surface area contributed by atoms with Gasteiger partial charge in [-0.25, -0.2) is 4.98 Å². The van der Waals surface area contributed by atoms with Crippen LogP contribution in [0.4, 0.5) is 11.5 Å². The van der Waals surface area contributed by atoms with Gasteiger partial charge in [0, 0.05) is 25.4 Å². The average molecular weight is 287 g/mol. The Morgan fingerprint density at radius 2 is 2.19 bits per heavy atom. The van der Waals surface area contributed by atoms with Crippen LogP contribution in [0.3, 0.4) is 0 Å². The van der Waals surface area contributed by atoms with Crippen molar-refractivity contribution in [3.05, 3.63) is 30.5 Å². The summed E-state index contributed by atoms with van der Waals surface area (Å²) < 4.78 is 8.66. The molecule has 0 aliphatic heterocycles. The predicted octanol–water partition coefficient (Wildman–Crippen LogP) is 1.79. The van der Waals surface area contributed by atoms with Gasteiger partial charge in [-0.2, -0.15) is 19.7 Å². The Balaban J connectivity index is 1.96. The van der Waals surface area contributed by atoms with Crippen LogP contribution in [0.5, 0.6) is 0 Å². The average Bonchev–Trinajstić information content (AvgIpc) is 3.07. The van der Waals surface area contributed by atoms with Crippen molar-refractivity contribution in [3.8, 4) is 0 Å². The van der Waals surface area contributed by atoms with Gasteiger partial charge >= 0.3 is 0 Å². The first-order valence-corrected chi connectivity index (χ1v) is 6.67. The lowest BCUT2D eigenvalue weighted by molar-refractivity contribution is 0.181. The van der Waals surface area contributed by atoms with Gasteiger partial charge in [-0.1, -0.05) is 0 Å². The maximum Gasteiger partial charge on any atom is 0.254 e. The Morgan fingerprint density at radius 3 is 2.90 bits per heavy atom. The van der Waals surface area contributed by atoms with Gasteiger partial charge in [0.25, 0.3) is 5.78 Å². The van der Waals surface area contributed by atoms with Gasteiger partial charge in [-0.3, -0.25) is 4.68 Å². The molecule has 0 bridgehead atoms. The van der Waals surface area contributed by atoms with Crippen LogP contribution < -0.4 is 5.32 Å². The summed E-state index contributed by atoms with van der Waals surface area (Å²) in [5, 5.41) is 11.8. The summed E-state index contributed by atoms with van der Waals surface area (Å²) >= 11 is 0. The number of aromatic nitrogens is 6. The summed E-state index contributed by atoms with van der Waals surface area (Å²) in [4.78, 5) is 8.49. The Hall–Kier alpha value is -2.48. The highest BCUT2D eigenvalue weighted by Crippen LogP contribution is 2.18. The lowest BCUT2D eigenvalue weighted by Crippen LogP contribution is -2.04. The fraction of sp³-hybridized carbons (Fsp3) is 0.385. The second-order valence-corrected chi connectivity index (χ2v) is 4.97. The smallest absolute Gasteiger partial charge is 0.254 e. The molecule has 8 nitrogen and oxygen atoms in total. The lowest BCUT2D eigenvalue weighted by Gasteiger charge is -2.08. The number of hydrogen-bond acceptors (Lipinski definition) is 6. The van der Waals surface area contributed by atoms with Crippen LogP contribution in [0.15, 0.2) is 24.8 Å². The zero-order valence-electron chi connectivity index (χ0n) is 12.2. The second kappa shape index (κ2) is 5.49. The lowest BCUT2D eigenvalue weighted by atomic mass is 10.4. The van der Waals surface area contributed by atoms with Crippen molar-refractivity contribution in [1.29, 1.82) is 0 Å². The maximum atomic E-state index is 5.13. The van der Waals surface area contributed by atoms with Crippen LogP contribution in [-0.2, 0) is 11.3 Å². The fourth-order valence-electron chi connectivity index (χ4n) is 2.01. The summed E-state index contributed by atoms with van der Waals surface area (Å²) in [6, 6.07) is 2.20. The first kappa shape index (κ1) is 13.5. The molecule has 110 valence electrons. The number of rotatable bonds is 5. The summed E-state index contributed by atoms with van der Waals surface area (Å²) in [6.45, 7) is 4.58. The number of nitrogens with one attached hydrogen (secondary N) is 1. The van der Waals surface area contributed by atoms with Crippen molar-refractivity contribution in [3.63, 3.8) is 0 Å². The third-order valence-corrected chi connectivity index (χ3v) is 3.00. The fourth-order valence-corrected chi connectivity index (χ4v) is 2.01. The molecule has 0 unspecified atom stereocenters. The number of ether oxygens (including phenoxy) is 1. The van der Waals surface area contributed by atoms with Crippen molar-refractivity contribution >= 4 is 17.3 Å². The van der Waals surface area contributed by atoms with Gasteiger partial charge < -0.3 is 10.1 Å². The standard InChI is InChI=1S/C13H17N7O/c1-9(2)19-6-11(5-15-19)17-12-4-10(7-21-3)18-13-14-8-16-20(12)13/h4-6,8-9,17H,7H2,1-3H3. The molecule has 0 saturated heterocycles. The van der Waals surface area contributed by atoms with Gasteiger partial charge in [-0.05, 0) is 13.8 Å². The predicted molar refractivity (Wildman–Crippen MR) is 77.4 cm³/mol. The van der Waals surface area contributed by atoms with Gasteiger partial charge in [0.15, 0.2) is 0 Å². The highest BCUT2D eigenvalue weighted by atomic mass is 16.5. The Morgan fingerprint density at radius 1 is 1.33 bits per heavy atom. The quantitative estimate of drug-likeness (QED) is 0.770. The number of anilines is 2. The summed E-state index contributed by atoms with van der Waals surface area (Å²) in [5.41, 5.74) is 1.67. The van der Waals surface area contributed by atoms with Crippen LogP contribution in [0, 0.1) is 0 Å². The highest BCUT2D eigenvalue weighted by molar-refractivity contribution is 5.57. The molecule has 0 spiro atoms. The van der Waals surface area contributed by atoms with E-state index in [1.807, 2.05) is 16.9 Å². The van der Waals surface area contributed by atoms with E-state index in [9.17, 15) is 0 Å². The highest BCUT2D eigenvalue weighted by Gasteiger charge is 2.09. The van der Waals surface area contributed by atoms with E-state index in [1.54, 1.807) is 17.8 Å². The summed E-state index contributed by atoms with van der Waals surface area (Å²) in [5.74, 6) is 1.30. The third kappa shape index (κ3) is 2.70. The van der Waals surface area contributed by atoms with Crippen LogP contribution in [0.25, 0.3) is 5.78 Å². The van der Waals surface area contributed by atoms with Gasteiger partial charge in [0.05, 0.1) is 24.2 Å². The van der Waals surface area contributed by atoms with Crippen LogP contribution in [0.1, 0.15) is 25.6 Å². The molecule has 0 amide bonds. The Bertz CT molecular complexity index is 746. The van der Waals surface area contributed by atoms with Crippen molar-refractivity contribution in [2.24, 2.45) is 0 Å². The van der Waals surface area contributed by atoms with Crippen molar-refractivity contribution in [2.45, 2.75) is 26.5 Å². The molecule has 0 saturated carbocycles. The molecule has 1 N–H and O–H groups in total. The van der Waals surface area contributed by atoms with E-state index in [0.29, 0.717) is 18.4 Å². The molecule has 8 heteroatoms. The minimum absolute atomic E-state index is 0.313. The van der Waals surface area contributed by atoms with E-state index in [0.717, 1.165) is 17.2 Å². The van der Waals surface area contributed by atoms with Crippen LogP contribution >= 0.6 is 0 Å². The molecule has 0 atom stereocenters. The van der Waals surface area contributed by atoms with Crippen molar-refractivity contribution < 1.29 is 4.74 Å². The maximum absolute atomic E-state index is 5.13. The molecule has 3 aromatic heterocycles. The number of hydrogen-bond donors (Lipinski definition) is 1. The van der Waals surface area contributed by atoms with E-state index in [1.165, 1.54) is 6.33 Å². The van der Waals surface area contributed by atoms with E-state index >= 15 is 0 Å². The summed E-state index contributed by atoms with van der Waals surface area (Å²) in [7, 11) is 1.63. The number of fused-ring (bicyclic) bond motifs is 1. The molecule has 21 heavy (non-hydrogen) atoms. The number of nitrogens with zero attached hydrogens (tertiary/aromatic N) is 6. The van der Waals surface area contributed by atoms with E-state index < -0.39 is 0 Å². The molecule has 3 aromatic rings. The molecular formula is C13H17N7O. The Labute approximate surface area is 121 Å². The normalized spacial score (nSPS) is 11.4. The van der Waals surface area contributed by atoms with Crippen molar-refractivity contribution in [2.75, 3.05) is 12.4 Å². The SMILES string of the molecule is COCc1cc(Nc2cnn(C(C)C)c2)n2ncnc2n1. The van der Waals surface area contributed by atoms with Crippen molar-refractivity contribution in [1.82, 2.24) is 29.4 Å². The minimum atomic E-state index is 0.313. The van der Waals surface area contributed by atoms with E-state index in [4.69, 9.17) is 4.74 Å². The molecule has 3 heterocycles. The largest absolute Gasteiger partial charge is 0.378 e. The van der Waals surface area contributed by atoms with Crippen LogP contribution in [0.2, 0.25) is 0 Å². The third-order valence-electron chi connectivity index (χ3n) is 3.00. The summed E-state index contributed by atoms with van der Waals surface area (Å²) in [6.07, 6.45) is 5.20. The van der Waals surface area contributed by atoms with Gasteiger partial charge in [0.1, 0.15) is 12.1 Å². The second-order valence-electron chi connectivity index (χ2n) is 4.97. The van der Waals surface area contributed by atoms with E-state index in [2.05, 4.69) is 39.3 Å². The molecule has 3 rings (SSSR count). The molecule has 0 aliphatic rings. The van der Waals surface area contributed by atoms with Gasteiger partial charge in [-0.15, -0.1) is 0 Å². The molecular weight excluding hydrogens is 270 g/mol. The topological polar surface area (TPSA) is 82.2 Å². The minimum Gasteiger partial charge on any atom is -0.378 e. The molecule has 0 aliphatic carbocycles. The Kier molecular flexibility index (Phi) is 3.53. The first-order valence-electron chi connectivity index (χ1n) is 6.67. The zero-order chi connectivity index (χ0) is 14.8. The molecule has 0 fully saturated rings. The number of methoxy groups -OCH3 is 1. The monoisotopic (exact) mass is 287 g/mol. The first-order chi connectivity index (χ1) is 10.2. The molecule has 0 aromatic carbocycles. The van der Waals surface area contributed by atoms with E-state index in [-0.39, 0.29) is 0 Å². The molecule has 0 radical (unpaired) electrons. The van der Waals surface area contributed by atoms with Gasteiger partial charge in [0.2, 0.25) is 0 Å².